The van der Waals surface area contributed by atoms with Crippen LogP contribution >= 0.6 is 0 Å². The molecule has 21 heavy (non-hydrogen) atoms. The molecule has 1 atom stereocenters. The van der Waals surface area contributed by atoms with Crippen molar-refractivity contribution in [1.29, 1.82) is 0 Å². The summed E-state index contributed by atoms with van der Waals surface area (Å²) in [5.41, 5.74) is 0.544. The Bertz CT molecular complexity index is 534. The van der Waals surface area contributed by atoms with Crippen molar-refractivity contribution in [2.24, 2.45) is 0 Å². The Labute approximate surface area is 122 Å². The molecule has 0 spiro atoms. The first-order valence-electron chi connectivity index (χ1n) is 6.94. The van der Waals surface area contributed by atoms with Crippen molar-refractivity contribution in [3.05, 3.63) is 35.4 Å². The number of nitrogens with zero attached hydrogens (tertiary/aromatic N) is 1. The van der Waals surface area contributed by atoms with Gasteiger partial charge in [0.05, 0.1) is 11.1 Å². The maximum atomic E-state index is 12.3. The van der Waals surface area contributed by atoms with Crippen LogP contribution in [-0.2, 0) is 9.68 Å². The van der Waals surface area contributed by atoms with Crippen LogP contribution in [-0.4, -0.2) is 34.0 Å². The molecule has 1 N–H and O–H groups in total. The number of imide groups is 1. The topological polar surface area (TPSA) is 83.9 Å². The fourth-order valence-corrected chi connectivity index (χ4v) is 2.49. The molecule has 2 rings (SSSR count). The van der Waals surface area contributed by atoms with Crippen molar-refractivity contribution in [3.63, 3.8) is 0 Å². The Kier molecular flexibility index (Phi) is 4.70. The molecule has 1 aliphatic rings. The number of amides is 2. The summed E-state index contributed by atoms with van der Waals surface area (Å²) < 4.78 is 0. The van der Waals surface area contributed by atoms with Crippen LogP contribution in [0.5, 0.6) is 0 Å². The monoisotopic (exact) mass is 291 g/mol. The third-order valence-corrected chi connectivity index (χ3v) is 3.58. The van der Waals surface area contributed by atoms with E-state index < -0.39 is 23.8 Å². The van der Waals surface area contributed by atoms with E-state index in [4.69, 9.17) is 5.26 Å². The van der Waals surface area contributed by atoms with Crippen LogP contribution in [0.4, 0.5) is 0 Å². The van der Waals surface area contributed by atoms with Gasteiger partial charge in [-0.2, -0.15) is 5.26 Å². The zero-order valence-corrected chi connectivity index (χ0v) is 11.7. The lowest BCUT2D eigenvalue weighted by Crippen LogP contribution is -2.45. The minimum atomic E-state index is -1.09. The number of benzene rings is 1. The summed E-state index contributed by atoms with van der Waals surface area (Å²) in [6.07, 6.45) is 2.73. The molecule has 112 valence electrons. The molecule has 1 unspecified atom stereocenters. The highest BCUT2D eigenvalue weighted by atomic mass is 17.1. The molecule has 0 radical (unpaired) electrons. The van der Waals surface area contributed by atoms with Gasteiger partial charge in [0, 0.05) is 0 Å². The zero-order valence-electron chi connectivity index (χ0n) is 11.7. The Morgan fingerprint density at radius 1 is 1.19 bits per heavy atom. The summed E-state index contributed by atoms with van der Waals surface area (Å²) in [5, 5.41) is 8.61. The van der Waals surface area contributed by atoms with Gasteiger partial charge in [-0.1, -0.05) is 38.3 Å². The summed E-state index contributed by atoms with van der Waals surface area (Å²) in [6, 6.07) is 5.31. The van der Waals surface area contributed by atoms with Crippen molar-refractivity contribution >= 4 is 17.8 Å². The maximum absolute atomic E-state index is 12.3. The Hall–Kier alpha value is -2.21. The van der Waals surface area contributed by atoms with Gasteiger partial charge in [-0.05, 0) is 18.6 Å². The van der Waals surface area contributed by atoms with Gasteiger partial charge in [-0.3, -0.25) is 19.4 Å². The lowest BCUT2D eigenvalue weighted by Gasteiger charge is -2.22. The van der Waals surface area contributed by atoms with E-state index >= 15 is 0 Å². The van der Waals surface area contributed by atoms with Crippen molar-refractivity contribution in [2.45, 2.75) is 38.6 Å². The molecular weight excluding hydrogens is 274 g/mol. The molecular formula is C15H17NO5. The molecule has 0 fully saturated rings. The number of carbonyl (C=O) groups is 3. The smallest absolute Gasteiger partial charge is 0.299 e. The van der Waals surface area contributed by atoms with Crippen molar-refractivity contribution in [1.82, 2.24) is 4.90 Å². The number of carbonyl (C=O) groups excluding carboxylic acids is 3. The molecule has 1 aliphatic heterocycles. The van der Waals surface area contributed by atoms with E-state index in [0.29, 0.717) is 6.42 Å². The third-order valence-electron chi connectivity index (χ3n) is 3.58. The van der Waals surface area contributed by atoms with Gasteiger partial charge in [0.25, 0.3) is 11.8 Å². The van der Waals surface area contributed by atoms with Crippen LogP contribution in [0.15, 0.2) is 24.3 Å². The van der Waals surface area contributed by atoms with Crippen LogP contribution < -0.4 is 0 Å². The highest BCUT2D eigenvalue weighted by Gasteiger charge is 2.43. The van der Waals surface area contributed by atoms with Crippen LogP contribution in [0, 0.1) is 0 Å². The number of rotatable bonds is 6. The lowest BCUT2D eigenvalue weighted by molar-refractivity contribution is -0.238. The lowest BCUT2D eigenvalue weighted by atomic mass is 10.1. The number of fused-ring (bicyclic) bond motifs is 1. The Morgan fingerprint density at radius 2 is 1.76 bits per heavy atom. The molecule has 2 amide bonds. The predicted molar refractivity (Wildman–Crippen MR) is 73.6 cm³/mol. The van der Waals surface area contributed by atoms with Crippen molar-refractivity contribution in [2.75, 3.05) is 0 Å². The molecule has 1 aromatic carbocycles. The Balaban J connectivity index is 2.27. The quantitative estimate of drug-likeness (QED) is 0.376. The second kappa shape index (κ2) is 6.49. The van der Waals surface area contributed by atoms with Crippen LogP contribution in [0.3, 0.4) is 0 Å². The SMILES string of the molecule is CCCCCC(C(=O)OO)N1C(=O)c2ccccc2C1=O. The summed E-state index contributed by atoms with van der Waals surface area (Å²) in [7, 11) is 0. The van der Waals surface area contributed by atoms with Crippen molar-refractivity contribution < 1.29 is 24.5 Å². The summed E-state index contributed by atoms with van der Waals surface area (Å²) in [6.45, 7) is 2.00. The van der Waals surface area contributed by atoms with E-state index in [-0.39, 0.29) is 17.5 Å². The van der Waals surface area contributed by atoms with Crippen LogP contribution in [0.25, 0.3) is 0 Å². The van der Waals surface area contributed by atoms with Gasteiger partial charge in [0.15, 0.2) is 0 Å². The summed E-state index contributed by atoms with van der Waals surface area (Å²) in [4.78, 5) is 41.0. The molecule has 6 heteroatoms. The van der Waals surface area contributed by atoms with Gasteiger partial charge >= 0.3 is 5.97 Å². The second-order valence-electron chi connectivity index (χ2n) is 4.95. The molecule has 6 nitrogen and oxygen atoms in total. The van der Waals surface area contributed by atoms with E-state index in [9.17, 15) is 14.4 Å². The predicted octanol–water partition coefficient (Wildman–Crippen LogP) is 2.25. The standard InChI is InChI=1S/C15H17NO5/c1-2-3-4-9-12(15(19)21-20)16-13(17)10-7-5-6-8-11(10)14(16)18/h5-8,12,20H,2-4,9H2,1H3. The normalized spacial score (nSPS) is 15.0. The average molecular weight is 291 g/mol. The van der Waals surface area contributed by atoms with Gasteiger partial charge in [-0.15, -0.1) is 0 Å². The molecule has 0 saturated carbocycles. The number of unbranched alkanes of at least 4 members (excludes halogenated alkanes) is 2. The van der Waals surface area contributed by atoms with E-state index in [1.54, 1.807) is 24.3 Å². The van der Waals surface area contributed by atoms with E-state index in [1.165, 1.54) is 0 Å². The van der Waals surface area contributed by atoms with Gasteiger partial charge in [0.1, 0.15) is 6.04 Å². The number of hydrogen-bond donors (Lipinski definition) is 1. The largest absolute Gasteiger partial charge is 0.364 e. The summed E-state index contributed by atoms with van der Waals surface area (Å²) >= 11 is 0. The molecule has 0 aromatic heterocycles. The second-order valence-corrected chi connectivity index (χ2v) is 4.95. The molecule has 1 aromatic rings. The number of hydrogen-bond acceptors (Lipinski definition) is 5. The van der Waals surface area contributed by atoms with E-state index in [0.717, 1.165) is 17.7 Å². The molecule has 0 aliphatic carbocycles. The fraction of sp³-hybridized carbons (Fsp3) is 0.400. The average Bonchev–Trinajstić information content (AvgIpc) is 2.76. The minimum absolute atomic E-state index is 0.272. The van der Waals surface area contributed by atoms with Crippen LogP contribution in [0.1, 0.15) is 53.3 Å². The zero-order chi connectivity index (χ0) is 15.4. The highest BCUT2D eigenvalue weighted by Crippen LogP contribution is 2.26. The first kappa shape index (κ1) is 15.2. The summed E-state index contributed by atoms with van der Waals surface area (Å²) in [5.74, 6) is -2.04. The van der Waals surface area contributed by atoms with Crippen molar-refractivity contribution in [3.8, 4) is 0 Å². The third kappa shape index (κ3) is 2.80. The van der Waals surface area contributed by atoms with Crippen LogP contribution in [0.2, 0.25) is 0 Å². The molecule has 0 bridgehead atoms. The fourth-order valence-electron chi connectivity index (χ4n) is 2.49. The Morgan fingerprint density at radius 3 is 2.24 bits per heavy atom. The molecule has 0 saturated heterocycles. The molecule has 1 heterocycles. The van der Waals surface area contributed by atoms with E-state index in [1.807, 2.05) is 6.92 Å². The first-order chi connectivity index (χ1) is 10.1. The van der Waals surface area contributed by atoms with Gasteiger partial charge in [-0.25, -0.2) is 4.79 Å². The minimum Gasteiger partial charge on any atom is -0.299 e. The van der Waals surface area contributed by atoms with E-state index in [2.05, 4.69) is 4.89 Å². The maximum Gasteiger partial charge on any atom is 0.364 e. The van der Waals surface area contributed by atoms with Gasteiger partial charge < -0.3 is 0 Å². The highest BCUT2D eigenvalue weighted by molar-refractivity contribution is 6.22. The van der Waals surface area contributed by atoms with Gasteiger partial charge in [0.2, 0.25) is 0 Å². The first-order valence-corrected chi connectivity index (χ1v) is 6.94.